The average molecular weight is 310 g/mol. The second-order valence-electron chi connectivity index (χ2n) is 5.08. The molecule has 7 nitrogen and oxygen atoms in total. The zero-order valence-corrected chi connectivity index (χ0v) is 11.7. The van der Waals surface area contributed by atoms with E-state index < -0.39 is 4.92 Å². The third-order valence-electron chi connectivity index (χ3n) is 3.73. The quantitative estimate of drug-likeness (QED) is 0.680. The van der Waals surface area contributed by atoms with Crippen molar-refractivity contribution in [1.29, 1.82) is 0 Å². The molecule has 0 radical (unpaired) electrons. The third kappa shape index (κ3) is 2.10. The van der Waals surface area contributed by atoms with E-state index in [1.165, 1.54) is 6.07 Å². The van der Waals surface area contributed by atoms with Crippen LogP contribution in [0.3, 0.4) is 0 Å². The van der Waals surface area contributed by atoms with Gasteiger partial charge in [-0.1, -0.05) is 12.1 Å². The van der Waals surface area contributed by atoms with Crippen molar-refractivity contribution in [2.75, 3.05) is 6.79 Å². The largest absolute Gasteiger partial charge is 0.454 e. The van der Waals surface area contributed by atoms with Crippen molar-refractivity contribution in [1.82, 2.24) is 5.32 Å². The van der Waals surface area contributed by atoms with Crippen molar-refractivity contribution in [3.05, 3.63) is 63.2 Å². The highest BCUT2D eigenvalue weighted by atomic mass is 16.7. The number of rotatable bonds is 2. The zero-order valence-electron chi connectivity index (χ0n) is 11.7. The summed E-state index contributed by atoms with van der Waals surface area (Å²) >= 11 is 0. The number of ether oxygens (including phenoxy) is 2. The Morgan fingerprint density at radius 1 is 1.13 bits per heavy atom. The van der Waals surface area contributed by atoms with E-state index >= 15 is 0 Å². The summed E-state index contributed by atoms with van der Waals surface area (Å²) in [4.78, 5) is 22.8. The summed E-state index contributed by atoms with van der Waals surface area (Å²) in [5.74, 6) is 0.794. The van der Waals surface area contributed by atoms with Crippen LogP contribution in [0.25, 0.3) is 11.8 Å². The fourth-order valence-electron chi connectivity index (χ4n) is 2.65. The lowest BCUT2D eigenvalue weighted by Crippen LogP contribution is -2.12. The summed E-state index contributed by atoms with van der Waals surface area (Å²) in [6.45, 7) is 0.114. The summed E-state index contributed by atoms with van der Waals surface area (Å²) in [5.41, 5.74) is 1.98. The molecule has 4 rings (SSSR count). The molecule has 2 aromatic rings. The first-order chi connectivity index (χ1) is 11.1. The monoisotopic (exact) mass is 310 g/mol. The van der Waals surface area contributed by atoms with Gasteiger partial charge in [-0.25, -0.2) is 0 Å². The number of nitrogens with zero attached hydrogens (tertiary/aromatic N) is 1. The van der Waals surface area contributed by atoms with Crippen molar-refractivity contribution in [3.8, 4) is 11.5 Å². The van der Waals surface area contributed by atoms with Gasteiger partial charge in [-0.3, -0.25) is 14.9 Å². The molecule has 0 spiro atoms. The smallest absolute Gasteiger partial charge is 0.276 e. The summed E-state index contributed by atoms with van der Waals surface area (Å²) in [6, 6.07) is 9.67. The van der Waals surface area contributed by atoms with Gasteiger partial charge in [0.15, 0.2) is 11.5 Å². The molecule has 7 heteroatoms. The number of hydrogen-bond donors (Lipinski definition) is 1. The number of benzene rings is 2. The third-order valence-corrected chi connectivity index (χ3v) is 3.73. The van der Waals surface area contributed by atoms with E-state index in [2.05, 4.69) is 5.32 Å². The van der Waals surface area contributed by atoms with Crippen molar-refractivity contribution < 1.29 is 19.2 Å². The first-order valence-electron chi connectivity index (χ1n) is 6.84. The Labute approximate surface area is 130 Å². The van der Waals surface area contributed by atoms with Crippen molar-refractivity contribution >= 4 is 23.4 Å². The van der Waals surface area contributed by atoms with Gasteiger partial charge in [-0.05, 0) is 24.3 Å². The van der Waals surface area contributed by atoms with Gasteiger partial charge in [0.05, 0.1) is 21.7 Å². The van der Waals surface area contributed by atoms with Crippen molar-refractivity contribution in [2.24, 2.45) is 0 Å². The standard InChI is InChI=1S/C16H10N2O5/c19-16-11-7-15-14(22-8-23-15)6-10(11)12(17-16)5-9-3-1-2-4-13(9)18(20)21/h1-7H,8H2,(H,17,19). The zero-order chi connectivity index (χ0) is 16.0. The molecule has 1 N–H and O–H groups in total. The van der Waals surface area contributed by atoms with Crippen LogP contribution in [0.15, 0.2) is 36.4 Å². The first-order valence-corrected chi connectivity index (χ1v) is 6.84. The number of amides is 1. The number of carbonyl (C=O) groups is 1. The molecule has 0 aliphatic carbocycles. The van der Waals surface area contributed by atoms with E-state index in [9.17, 15) is 14.9 Å². The van der Waals surface area contributed by atoms with Gasteiger partial charge in [0, 0.05) is 11.6 Å². The van der Waals surface area contributed by atoms with Gasteiger partial charge < -0.3 is 14.8 Å². The number of hydrogen-bond acceptors (Lipinski definition) is 5. The maximum atomic E-state index is 12.1. The molecule has 2 aliphatic heterocycles. The fourth-order valence-corrected chi connectivity index (χ4v) is 2.65. The molecule has 0 aromatic heterocycles. The van der Waals surface area contributed by atoms with Gasteiger partial charge in [-0.2, -0.15) is 0 Å². The summed E-state index contributed by atoms with van der Waals surface area (Å²) in [6.07, 6.45) is 1.59. The fraction of sp³-hybridized carbons (Fsp3) is 0.0625. The highest BCUT2D eigenvalue weighted by Gasteiger charge is 2.29. The Kier molecular flexibility index (Phi) is 2.80. The number of nitro groups is 1. The van der Waals surface area contributed by atoms with Gasteiger partial charge >= 0.3 is 0 Å². The minimum atomic E-state index is -0.455. The highest BCUT2D eigenvalue weighted by Crippen LogP contribution is 2.39. The van der Waals surface area contributed by atoms with E-state index in [4.69, 9.17) is 9.47 Å². The van der Waals surface area contributed by atoms with Crippen LogP contribution >= 0.6 is 0 Å². The molecule has 0 fully saturated rings. The van der Waals surface area contributed by atoms with Gasteiger partial charge in [0.1, 0.15) is 0 Å². The van der Waals surface area contributed by atoms with Gasteiger partial charge in [0.25, 0.3) is 11.6 Å². The van der Waals surface area contributed by atoms with Gasteiger partial charge in [-0.15, -0.1) is 0 Å². The Morgan fingerprint density at radius 3 is 2.57 bits per heavy atom. The number of nitrogens with one attached hydrogen (secondary N) is 1. The Morgan fingerprint density at radius 2 is 1.83 bits per heavy atom. The summed E-state index contributed by atoms with van der Waals surface area (Å²) in [5, 5.41) is 13.8. The molecular formula is C16H10N2O5. The lowest BCUT2D eigenvalue weighted by Gasteiger charge is -2.03. The predicted molar refractivity (Wildman–Crippen MR) is 81.0 cm³/mol. The van der Waals surface area contributed by atoms with Crippen LogP contribution in [-0.4, -0.2) is 17.6 Å². The van der Waals surface area contributed by atoms with Crippen LogP contribution in [0.2, 0.25) is 0 Å². The second-order valence-corrected chi connectivity index (χ2v) is 5.08. The van der Waals surface area contributed by atoms with E-state index in [-0.39, 0.29) is 18.4 Å². The molecule has 0 unspecified atom stereocenters. The topological polar surface area (TPSA) is 90.7 Å². The van der Waals surface area contributed by atoms with E-state index in [0.29, 0.717) is 33.9 Å². The van der Waals surface area contributed by atoms with Crippen LogP contribution < -0.4 is 14.8 Å². The summed E-state index contributed by atoms with van der Waals surface area (Å²) < 4.78 is 10.6. The number of nitro benzene ring substituents is 1. The molecular weight excluding hydrogens is 300 g/mol. The van der Waals surface area contributed by atoms with Crippen LogP contribution in [0.1, 0.15) is 21.5 Å². The normalized spacial score (nSPS) is 16.3. The van der Waals surface area contributed by atoms with Crippen LogP contribution in [0, 0.1) is 10.1 Å². The SMILES string of the molecule is O=C1NC(=Cc2ccccc2[N+](=O)[O-])c2cc3c(cc21)OCO3. The van der Waals surface area contributed by atoms with Crippen molar-refractivity contribution in [2.45, 2.75) is 0 Å². The van der Waals surface area contributed by atoms with E-state index in [1.807, 2.05) is 0 Å². The molecule has 2 heterocycles. The lowest BCUT2D eigenvalue weighted by atomic mass is 10.0. The number of fused-ring (bicyclic) bond motifs is 2. The number of carbonyl (C=O) groups excluding carboxylic acids is 1. The highest BCUT2D eigenvalue weighted by molar-refractivity contribution is 6.12. The minimum absolute atomic E-state index is 0.0246. The van der Waals surface area contributed by atoms with E-state index in [1.54, 1.807) is 36.4 Å². The molecule has 0 saturated heterocycles. The average Bonchev–Trinajstić information content (AvgIpc) is 3.11. The second kappa shape index (κ2) is 4.84. The Hall–Kier alpha value is -3.35. The summed E-state index contributed by atoms with van der Waals surface area (Å²) in [7, 11) is 0. The predicted octanol–water partition coefficient (Wildman–Crippen LogP) is 2.57. The minimum Gasteiger partial charge on any atom is -0.454 e. The molecule has 2 aliphatic rings. The van der Waals surface area contributed by atoms with Crippen LogP contribution in [0.5, 0.6) is 11.5 Å². The van der Waals surface area contributed by atoms with Gasteiger partial charge in [0.2, 0.25) is 6.79 Å². The number of para-hydroxylation sites is 1. The van der Waals surface area contributed by atoms with E-state index in [0.717, 1.165) is 0 Å². The Balaban J connectivity index is 1.84. The first kappa shape index (κ1) is 13.3. The van der Waals surface area contributed by atoms with Crippen molar-refractivity contribution in [3.63, 3.8) is 0 Å². The maximum absolute atomic E-state index is 12.1. The molecule has 114 valence electrons. The molecule has 0 saturated carbocycles. The maximum Gasteiger partial charge on any atom is 0.276 e. The van der Waals surface area contributed by atoms with Crippen LogP contribution in [0.4, 0.5) is 5.69 Å². The van der Waals surface area contributed by atoms with Crippen LogP contribution in [-0.2, 0) is 0 Å². The Bertz CT molecular complexity index is 888. The molecule has 2 aromatic carbocycles. The molecule has 1 amide bonds. The molecule has 0 atom stereocenters. The molecule has 23 heavy (non-hydrogen) atoms. The lowest BCUT2D eigenvalue weighted by molar-refractivity contribution is -0.385. The molecule has 0 bridgehead atoms.